The molecule has 5 atom stereocenters. The van der Waals surface area contributed by atoms with Crippen LogP contribution in [0.15, 0.2) is 18.2 Å². The van der Waals surface area contributed by atoms with Gasteiger partial charge in [-0.15, -0.1) is 0 Å². The number of likely N-dealkylation sites (N-methyl/N-ethyl adjacent to an activating group) is 1. The third kappa shape index (κ3) is 2.90. The van der Waals surface area contributed by atoms with E-state index < -0.39 is 12.2 Å². The molecule has 0 spiro atoms. The smallest absolute Gasteiger partial charge is 0.142 e. The van der Waals surface area contributed by atoms with Gasteiger partial charge in [0.05, 0.1) is 22.7 Å². The maximum Gasteiger partial charge on any atom is 0.142 e. The zero-order chi connectivity index (χ0) is 19.5. The van der Waals surface area contributed by atoms with Gasteiger partial charge in [0.15, 0.2) is 0 Å². The molecule has 0 saturated heterocycles. The van der Waals surface area contributed by atoms with E-state index >= 15 is 0 Å². The molecule has 2 saturated carbocycles. The largest absolute Gasteiger partial charge is 0.390 e. The lowest BCUT2D eigenvalue weighted by Crippen LogP contribution is -2.44. The van der Waals surface area contributed by atoms with E-state index in [1.165, 1.54) is 12.1 Å². The van der Waals surface area contributed by atoms with Crippen LogP contribution in [-0.2, 0) is 6.42 Å². The first-order valence-electron chi connectivity index (χ1n) is 9.39. The number of aryl methyl sites for hydroxylation is 1. The molecule has 4 rings (SSSR count). The van der Waals surface area contributed by atoms with Crippen molar-refractivity contribution in [1.82, 2.24) is 9.88 Å². The average molecular weight is 394 g/mol. The molecular weight excluding hydrogens is 369 g/mol. The summed E-state index contributed by atoms with van der Waals surface area (Å²) in [6.07, 6.45) is 0.750. The summed E-state index contributed by atoms with van der Waals surface area (Å²) in [4.78, 5) is 6.30. The summed E-state index contributed by atoms with van der Waals surface area (Å²) in [5.41, 5.74) is 6.76. The summed E-state index contributed by atoms with van der Waals surface area (Å²) in [5, 5.41) is 21.7. The van der Waals surface area contributed by atoms with Gasteiger partial charge in [0.2, 0.25) is 0 Å². The van der Waals surface area contributed by atoms with Crippen LogP contribution in [0.1, 0.15) is 25.3 Å². The van der Waals surface area contributed by atoms with E-state index in [0.29, 0.717) is 23.7 Å². The molecule has 0 aliphatic heterocycles. The van der Waals surface area contributed by atoms with Gasteiger partial charge in [-0.25, -0.2) is 9.37 Å². The molecule has 27 heavy (non-hydrogen) atoms. The monoisotopic (exact) mass is 393 g/mol. The maximum absolute atomic E-state index is 14.5. The SMILES string of the molecule is CCN(C)[C@H]1[C@H](O)[C@H](O)C2(CCc3cc(F)c4cc(Cl)c(N)nc4c3)C[C@H]12. The van der Waals surface area contributed by atoms with Crippen LogP contribution in [0.2, 0.25) is 5.02 Å². The Balaban J connectivity index is 1.55. The first kappa shape index (κ1) is 18.9. The maximum atomic E-state index is 14.5. The Kier molecular flexibility index (Phi) is 4.58. The predicted octanol–water partition coefficient (Wildman–Crippen LogP) is 2.60. The molecule has 1 aromatic heterocycles. The molecule has 2 fully saturated rings. The second-order valence-corrected chi connectivity index (χ2v) is 8.45. The standard InChI is InChI=1S/C20H25ClFN3O2/c1-3-25(2)16-12-9-20(12,18(27)17(16)26)5-4-10-6-14(22)11-8-13(21)19(23)24-15(11)7-10/h6-8,12,16-18,26-27H,3-5,9H2,1-2H3,(H2,23,24)/t12-,16-,17+,18+,20?/m1/s1. The number of aliphatic hydroxyl groups excluding tert-OH is 2. The highest BCUT2D eigenvalue weighted by atomic mass is 35.5. The summed E-state index contributed by atoms with van der Waals surface area (Å²) in [6, 6.07) is 4.81. The quantitative estimate of drug-likeness (QED) is 0.727. The molecule has 7 heteroatoms. The van der Waals surface area contributed by atoms with Crippen molar-refractivity contribution in [3.05, 3.63) is 34.6 Å². The summed E-state index contributed by atoms with van der Waals surface area (Å²) < 4.78 is 14.5. The van der Waals surface area contributed by atoms with Gasteiger partial charge < -0.3 is 20.8 Å². The molecular formula is C20H25ClFN3O2. The van der Waals surface area contributed by atoms with Crippen LogP contribution in [0.4, 0.5) is 10.2 Å². The number of aliphatic hydroxyl groups is 2. The highest BCUT2D eigenvalue weighted by Crippen LogP contribution is 2.66. The number of hydrogen-bond acceptors (Lipinski definition) is 5. The van der Waals surface area contributed by atoms with E-state index in [1.54, 1.807) is 0 Å². The molecule has 0 bridgehead atoms. The predicted molar refractivity (Wildman–Crippen MR) is 104 cm³/mol. The molecule has 1 unspecified atom stereocenters. The summed E-state index contributed by atoms with van der Waals surface area (Å²) in [6.45, 7) is 2.87. The van der Waals surface area contributed by atoms with Crippen LogP contribution in [-0.4, -0.2) is 51.9 Å². The van der Waals surface area contributed by atoms with Crippen molar-refractivity contribution < 1.29 is 14.6 Å². The molecule has 146 valence electrons. The first-order valence-corrected chi connectivity index (χ1v) is 9.77. The highest BCUT2D eigenvalue weighted by molar-refractivity contribution is 6.33. The lowest BCUT2D eigenvalue weighted by molar-refractivity contribution is -0.0313. The van der Waals surface area contributed by atoms with E-state index in [0.717, 1.165) is 18.5 Å². The van der Waals surface area contributed by atoms with Crippen molar-refractivity contribution in [3.63, 3.8) is 0 Å². The minimum atomic E-state index is -0.737. The zero-order valence-electron chi connectivity index (χ0n) is 15.5. The molecule has 4 N–H and O–H groups in total. The molecule has 5 nitrogen and oxygen atoms in total. The average Bonchev–Trinajstić information content (AvgIpc) is 3.31. The number of nitrogens with zero attached hydrogens (tertiary/aromatic N) is 2. The number of rotatable bonds is 5. The summed E-state index contributed by atoms with van der Waals surface area (Å²) in [7, 11) is 1.98. The number of halogens is 2. The van der Waals surface area contributed by atoms with Crippen LogP contribution in [0.3, 0.4) is 0 Å². The molecule has 2 aliphatic carbocycles. The van der Waals surface area contributed by atoms with Gasteiger partial charge in [-0.05, 0) is 62.5 Å². The van der Waals surface area contributed by atoms with E-state index in [-0.39, 0.29) is 34.0 Å². The first-order chi connectivity index (χ1) is 12.8. The normalized spacial score (nSPS) is 32.3. The summed E-state index contributed by atoms with van der Waals surface area (Å²) >= 11 is 5.94. The molecule has 2 aromatic rings. The molecule has 1 aromatic carbocycles. The van der Waals surface area contributed by atoms with E-state index in [9.17, 15) is 14.6 Å². The van der Waals surface area contributed by atoms with Gasteiger partial charge in [0, 0.05) is 16.8 Å². The second-order valence-electron chi connectivity index (χ2n) is 8.04. The van der Waals surface area contributed by atoms with Gasteiger partial charge in [-0.2, -0.15) is 0 Å². The number of nitrogens with two attached hydrogens (primary N) is 1. The minimum absolute atomic E-state index is 0.0121. The van der Waals surface area contributed by atoms with Crippen molar-refractivity contribution in [3.8, 4) is 0 Å². The Morgan fingerprint density at radius 3 is 2.81 bits per heavy atom. The number of hydrogen-bond donors (Lipinski definition) is 3. The van der Waals surface area contributed by atoms with Crippen LogP contribution >= 0.6 is 11.6 Å². The van der Waals surface area contributed by atoms with Crippen LogP contribution < -0.4 is 5.73 Å². The lowest BCUT2D eigenvalue weighted by Gasteiger charge is -2.29. The summed E-state index contributed by atoms with van der Waals surface area (Å²) in [5.74, 6) is 0.0871. The fraction of sp³-hybridized carbons (Fsp3) is 0.550. The van der Waals surface area contributed by atoms with Crippen molar-refractivity contribution in [2.75, 3.05) is 19.3 Å². The Hall–Kier alpha value is -1.47. The van der Waals surface area contributed by atoms with Gasteiger partial charge in [0.25, 0.3) is 0 Å². The Bertz CT molecular complexity index is 895. The fourth-order valence-electron chi connectivity index (χ4n) is 4.93. The Labute approximate surface area is 162 Å². The number of benzene rings is 1. The van der Waals surface area contributed by atoms with Crippen molar-refractivity contribution in [2.45, 2.75) is 44.4 Å². The fourth-order valence-corrected chi connectivity index (χ4v) is 5.08. The minimum Gasteiger partial charge on any atom is -0.390 e. The third-order valence-corrected chi connectivity index (χ3v) is 6.97. The number of pyridine rings is 1. The van der Waals surface area contributed by atoms with Gasteiger partial charge >= 0.3 is 0 Å². The van der Waals surface area contributed by atoms with Crippen LogP contribution in [0.25, 0.3) is 10.9 Å². The Morgan fingerprint density at radius 2 is 2.11 bits per heavy atom. The number of fused-ring (bicyclic) bond motifs is 2. The lowest BCUT2D eigenvalue weighted by atomic mass is 9.91. The van der Waals surface area contributed by atoms with Crippen molar-refractivity contribution in [1.29, 1.82) is 0 Å². The molecule has 1 heterocycles. The second kappa shape index (κ2) is 6.55. The Morgan fingerprint density at radius 1 is 1.37 bits per heavy atom. The third-order valence-electron chi connectivity index (χ3n) is 6.66. The van der Waals surface area contributed by atoms with Crippen molar-refractivity contribution in [2.24, 2.45) is 11.3 Å². The van der Waals surface area contributed by atoms with E-state index in [1.807, 2.05) is 20.0 Å². The van der Waals surface area contributed by atoms with Gasteiger partial charge in [-0.1, -0.05) is 18.5 Å². The van der Waals surface area contributed by atoms with Gasteiger partial charge in [-0.3, -0.25) is 0 Å². The zero-order valence-corrected chi connectivity index (χ0v) is 16.2. The number of anilines is 1. The number of aromatic nitrogens is 1. The molecule has 0 amide bonds. The van der Waals surface area contributed by atoms with Crippen LogP contribution in [0, 0.1) is 17.2 Å². The van der Waals surface area contributed by atoms with E-state index in [4.69, 9.17) is 17.3 Å². The van der Waals surface area contributed by atoms with Crippen molar-refractivity contribution >= 4 is 28.3 Å². The topological polar surface area (TPSA) is 82.6 Å². The van der Waals surface area contributed by atoms with Gasteiger partial charge in [0.1, 0.15) is 11.6 Å². The molecule has 0 radical (unpaired) electrons. The van der Waals surface area contributed by atoms with E-state index in [2.05, 4.69) is 9.88 Å². The molecule has 2 aliphatic rings. The number of nitrogen functional groups attached to an aromatic ring is 1. The van der Waals surface area contributed by atoms with Crippen LogP contribution in [0.5, 0.6) is 0 Å². The highest BCUT2D eigenvalue weighted by Gasteiger charge is 2.70.